The zero-order chi connectivity index (χ0) is 13.0. The van der Waals surface area contributed by atoms with E-state index < -0.39 is 0 Å². The molecule has 0 radical (unpaired) electrons. The molecule has 0 atom stereocenters. The van der Waals surface area contributed by atoms with Crippen molar-refractivity contribution in [2.24, 2.45) is 0 Å². The number of aryl methyl sites for hydroxylation is 1. The molecule has 0 aromatic carbocycles. The van der Waals surface area contributed by atoms with Crippen molar-refractivity contribution < 1.29 is 4.79 Å². The molecule has 1 N–H and O–H groups in total. The molecule has 0 aliphatic rings. The highest BCUT2D eigenvalue weighted by molar-refractivity contribution is 5.75. The van der Waals surface area contributed by atoms with E-state index in [1.165, 1.54) is 5.56 Å². The first kappa shape index (κ1) is 12.6. The number of hydrogen-bond donors (Lipinski definition) is 1. The van der Waals surface area contributed by atoms with Crippen LogP contribution in [0.1, 0.15) is 31.0 Å². The molecule has 0 saturated heterocycles. The van der Waals surface area contributed by atoms with Gasteiger partial charge in [-0.05, 0) is 25.0 Å². The Hall–Kier alpha value is -1.84. The molecule has 96 valence electrons. The zero-order valence-corrected chi connectivity index (χ0v) is 10.9. The Kier molecular flexibility index (Phi) is 3.97. The Labute approximate surface area is 107 Å². The number of fused-ring (bicyclic) bond motifs is 1. The Morgan fingerprint density at radius 2 is 2.22 bits per heavy atom. The maximum atomic E-state index is 11.3. The van der Waals surface area contributed by atoms with E-state index in [2.05, 4.69) is 29.5 Å². The molecular weight excluding hydrogens is 226 g/mol. The minimum atomic E-state index is 0.122. The Morgan fingerprint density at radius 1 is 1.39 bits per heavy atom. The molecule has 0 saturated carbocycles. The second-order valence-corrected chi connectivity index (χ2v) is 4.55. The average Bonchev–Trinajstić information content (AvgIpc) is 2.71. The molecule has 18 heavy (non-hydrogen) atoms. The number of carbonyl (C=O) groups excluding carboxylic acids is 1. The summed E-state index contributed by atoms with van der Waals surface area (Å²) in [6.07, 6.45) is 6.34. The molecule has 0 fully saturated rings. The lowest BCUT2D eigenvalue weighted by Gasteiger charge is -2.01. The molecule has 0 bridgehead atoms. The van der Waals surface area contributed by atoms with Crippen LogP contribution in [0.5, 0.6) is 0 Å². The number of carbonyl (C=O) groups is 1. The van der Waals surface area contributed by atoms with E-state index in [0.29, 0.717) is 13.0 Å². The molecule has 4 nitrogen and oxygen atoms in total. The van der Waals surface area contributed by atoms with Gasteiger partial charge in [0.1, 0.15) is 5.65 Å². The molecule has 2 heterocycles. The lowest BCUT2D eigenvalue weighted by atomic mass is 10.3. The number of aromatic nitrogens is 2. The van der Waals surface area contributed by atoms with Crippen molar-refractivity contribution >= 4 is 11.6 Å². The molecule has 0 aliphatic carbocycles. The monoisotopic (exact) mass is 245 g/mol. The highest BCUT2D eigenvalue weighted by atomic mass is 16.1. The number of rotatable bonds is 5. The van der Waals surface area contributed by atoms with Crippen molar-refractivity contribution in [1.82, 2.24) is 14.7 Å². The van der Waals surface area contributed by atoms with Gasteiger partial charge in [-0.25, -0.2) is 4.98 Å². The van der Waals surface area contributed by atoms with Crippen LogP contribution in [0.3, 0.4) is 0 Å². The number of nitrogens with zero attached hydrogens (tertiary/aromatic N) is 2. The number of nitrogens with one attached hydrogen (secondary N) is 1. The standard InChI is InChI=1S/C14H19N3O/c1-3-4-14(18)15-8-7-12-10-17-9-11(2)5-6-13(17)16-12/h5-6,9-10H,3-4,7-8H2,1-2H3,(H,15,18). The smallest absolute Gasteiger partial charge is 0.219 e. The number of hydrogen-bond acceptors (Lipinski definition) is 2. The van der Waals surface area contributed by atoms with Crippen molar-refractivity contribution in [3.8, 4) is 0 Å². The Bertz CT molecular complexity index is 545. The molecule has 2 aromatic rings. The summed E-state index contributed by atoms with van der Waals surface area (Å²) in [5.41, 5.74) is 3.18. The van der Waals surface area contributed by atoms with Gasteiger partial charge >= 0.3 is 0 Å². The molecule has 2 rings (SSSR count). The van der Waals surface area contributed by atoms with Crippen molar-refractivity contribution in [2.45, 2.75) is 33.1 Å². The number of amides is 1. The van der Waals surface area contributed by atoms with Crippen LogP contribution < -0.4 is 5.32 Å². The Balaban J connectivity index is 1.94. The van der Waals surface area contributed by atoms with Gasteiger partial charge < -0.3 is 9.72 Å². The Morgan fingerprint density at radius 3 is 3.00 bits per heavy atom. The van der Waals surface area contributed by atoms with Crippen LogP contribution in [0.2, 0.25) is 0 Å². The molecular formula is C14H19N3O. The molecule has 0 aliphatic heterocycles. The summed E-state index contributed by atoms with van der Waals surface area (Å²) in [7, 11) is 0. The van der Waals surface area contributed by atoms with Gasteiger partial charge in [-0.2, -0.15) is 0 Å². The van der Waals surface area contributed by atoms with Crippen molar-refractivity contribution in [3.63, 3.8) is 0 Å². The second kappa shape index (κ2) is 5.67. The summed E-state index contributed by atoms with van der Waals surface area (Å²) >= 11 is 0. The van der Waals surface area contributed by atoms with Gasteiger partial charge in [0.25, 0.3) is 0 Å². The van der Waals surface area contributed by atoms with Crippen molar-refractivity contribution in [3.05, 3.63) is 35.8 Å². The summed E-state index contributed by atoms with van der Waals surface area (Å²) in [5.74, 6) is 0.122. The summed E-state index contributed by atoms with van der Waals surface area (Å²) in [6, 6.07) is 4.06. The largest absolute Gasteiger partial charge is 0.356 e. The third-order valence-corrected chi connectivity index (χ3v) is 2.83. The van der Waals surface area contributed by atoms with Gasteiger partial charge in [0.15, 0.2) is 0 Å². The quantitative estimate of drug-likeness (QED) is 0.877. The summed E-state index contributed by atoms with van der Waals surface area (Å²) < 4.78 is 2.03. The maximum Gasteiger partial charge on any atom is 0.219 e. The summed E-state index contributed by atoms with van der Waals surface area (Å²) in [6.45, 7) is 4.72. The lowest BCUT2D eigenvalue weighted by Crippen LogP contribution is -2.25. The minimum absolute atomic E-state index is 0.122. The molecule has 0 spiro atoms. The molecule has 0 unspecified atom stereocenters. The average molecular weight is 245 g/mol. The highest BCUT2D eigenvalue weighted by Crippen LogP contribution is 2.07. The fourth-order valence-corrected chi connectivity index (χ4v) is 1.92. The van der Waals surface area contributed by atoms with E-state index in [-0.39, 0.29) is 5.91 Å². The lowest BCUT2D eigenvalue weighted by molar-refractivity contribution is -0.121. The van der Waals surface area contributed by atoms with Gasteiger partial charge in [-0.3, -0.25) is 4.79 Å². The van der Waals surface area contributed by atoms with Crippen molar-refractivity contribution in [2.75, 3.05) is 6.54 Å². The van der Waals surface area contributed by atoms with Crippen LogP contribution in [-0.2, 0) is 11.2 Å². The van der Waals surface area contributed by atoms with Crippen LogP contribution in [0, 0.1) is 6.92 Å². The van der Waals surface area contributed by atoms with Gasteiger partial charge in [0.2, 0.25) is 5.91 Å². The molecule has 2 aromatic heterocycles. The van der Waals surface area contributed by atoms with E-state index in [9.17, 15) is 4.79 Å². The maximum absolute atomic E-state index is 11.3. The SMILES string of the molecule is CCCC(=O)NCCc1cn2cc(C)ccc2n1. The van der Waals surface area contributed by atoms with E-state index in [1.807, 2.05) is 23.6 Å². The third-order valence-electron chi connectivity index (χ3n) is 2.83. The molecule has 1 amide bonds. The fourth-order valence-electron chi connectivity index (χ4n) is 1.92. The van der Waals surface area contributed by atoms with E-state index >= 15 is 0 Å². The topological polar surface area (TPSA) is 46.4 Å². The fraction of sp³-hybridized carbons (Fsp3) is 0.429. The van der Waals surface area contributed by atoms with Crippen LogP contribution in [0.4, 0.5) is 0 Å². The van der Waals surface area contributed by atoms with Crippen LogP contribution in [-0.4, -0.2) is 21.8 Å². The van der Waals surface area contributed by atoms with Crippen LogP contribution in [0.25, 0.3) is 5.65 Å². The van der Waals surface area contributed by atoms with Gasteiger partial charge in [-0.15, -0.1) is 0 Å². The summed E-state index contributed by atoms with van der Waals surface area (Å²) in [4.78, 5) is 15.8. The minimum Gasteiger partial charge on any atom is -0.356 e. The van der Waals surface area contributed by atoms with Crippen molar-refractivity contribution in [1.29, 1.82) is 0 Å². The van der Waals surface area contributed by atoms with Crippen LogP contribution in [0.15, 0.2) is 24.5 Å². The van der Waals surface area contributed by atoms with E-state index in [4.69, 9.17) is 0 Å². The first-order chi connectivity index (χ1) is 8.69. The second-order valence-electron chi connectivity index (χ2n) is 4.55. The first-order valence-corrected chi connectivity index (χ1v) is 6.40. The highest BCUT2D eigenvalue weighted by Gasteiger charge is 2.03. The van der Waals surface area contributed by atoms with Gasteiger partial charge in [-0.1, -0.05) is 13.0 Å². The number of pyridine rings is 1. The third kappa shape index (κ3) is 3.09. The van der Waals surface area contributed by atoms with Gasteiger partial charge in [0, 0.05) is 31.8 Å². The summed E-state index contributed by atoms with van der Waals surface area (Å²) in [5, 5.41) is 2.90. The number of imidazole rings is 1. The van der Waals surface area contributed by atoms with E-state index in [1.54, 1.807) is 0 Å². The first-order valence-electron chi connectivity index (χ1n) is 6.40. The zero-order valence-electron chi connectivity index (χ0n) is 10.9. The normalized spacial score (nSPS) is 10.8. The van der Waals surface area contributed by atoms with E-state index in [0.717, 1.165) is 24.2 Å². The molecule has 4 heteroatoms. The predicted molar refractivity (Wildman–Crippen MR) is 71.6 cm³/mol. The van der Waals surface area contributed by atoms with Gasteiger partial charge in [0.05, 0.1) is 5.69 Å². The predicted octanol–water partition coefficient (Wildman–Crippen LogP) is 2.10. The van der Waals surface area contributed by atoms with Crippen LogP contribution >= 0.6 is 0 Å².